The predicted molar refractivity (Wildman–Crippen MR) is 131 cm³/mol. The molecule has 0 aliphatic rings. The molecule has 0 spiro atoms. The Bertz CT molecular complexity index is 713. The van der Waals surface area contributed by atoms with Crippen LogP contribution in [0.15, 0.2) is 36.4 Å². The second kappa shape index (κ2) is 14.0. The zero-order chi connectivity index (χ0) is 19.7. The van der Waals surface area contributed by atoms with E-state index in [1.165, 1.54) is 33.4 Å². The minimum atomic E-state index is 0. The molecule has 2 aromatic rings. The van der Waals surface area contributed by atoms with Gasteiger partial charge in [-0.15, -0.1) is 0 Å². The maximum Gasteiger partial charge on any atom is 2.00 e. The van der Waals surface area contributed by atoms with Gasteiger partial charge in [0.05, 0.1) is 0 Å². The van der Waals surface area contributed by atoms with Crippen LogP contribution < -0.4 is 10.6 Å². The molecule has 0 aliphatic carbocycles. The van der Waals surface area contributed by atoms with Crippen molar-refractivity contribution in [2.45, 2.75) is 40.8 Å². The van der Waals surface area contributed by atoms with Crippen molar-refractivity contribution in [3.05, 3.63) is 69.8 Å². The van der Waals surface area contributed by atoms with Crippen LogP contribution in [0.25, 0.3) is 0 Å². The van der Waals surface area contributed by atoms with Gasteiger partial charge in [0.2, 0.25) is 0 Å². The molecule has 0 aliphatic heterocycles. The smallest absolute Gasteiger partial charge is 0.412 e. The van der Waals surface area contributed by atoms with Crippen LogP contribution in [0.3, 0.4) is 0 Å². The number of aryl methyl sites for hydroxylation is 2. The molecule has 0 atom stereocenters. The standard InChI is InChI=1S/2C10H13NS2.Ca/c2*1-7-4-3-5-9(8(7)2)6-11-10(12)13;/h2*3-5H,6H2,1-2H3,(H2,11,12,13);/q;;+2/p-2. The Kier molecular flexibility index (Phi) is 13.9. The van der Waals surface area contributed by atoms with E-state index in [2.05, 4.69) is 62.6 Å². The van der Waals surface area contributed by atoms with Crippen LogP contribution in [0.1, 0.15) is 33.4 Å². The molecule has 2 N–H and O–H groups in total. The van der Waals surface area contributed by atoms with Gasteiger partial charge in [0.1, 0.15) is 0 Å². The molecule has 0 amide bonds. The summed E-state index contributed by atoms with van der Waals surface area (Å²) in [5, 5.41) is 5.95. The number of thiocarbonyl (C=S) groups is 2. The van der Waals surface area contributed by atoms with E-state index in [4.69, 9.17) is 49.7 Å². The summed E-state index contributed by atoms with van der Waals surface area (Å²) in [6, 6.07) is 12.5. The Hall–Kier alpha value is -0.0803. The summed E-state index contributed by atoms with van der Waals surface area (Å²) in [4.78, 5) is 0. The van der Waals surface area contributed by atoms with Gasteiger partial charge in [-0.1, -0.05) is 45.0 Å². The van der Waals surface area contributed by atoms with Crippen LogP contribution in [0.5, 0.6) is 0 Å². The van der Waals surface area contributed by atoms with Crippen LogP contribution in [0, 0.1) is 27.7 Å². The third-order valence-corrected chi connectivity index (χ3v) is 4.86. The molecule has 0 saturated heterocycles. The van der Waals surface area contributed by atoms with Crippen LogP contribution >= 0.6 is 24.4 Å². The quantitative estimate of drug-likeness (QED) is 0.405. The summed E-state index contributed by atoms with van der Waals surface area (Å²) in [7, 11) is 0. The molecule has 0 saturated carbocycles. The summed E-state index contributed by atoms with van der Waals surface area (Å²) in [6.45, 7) is 9.89. The summed E-state index contributed by atoms with van der Waals surface area (Å²) in [5.41, 5.74) is 7.73. The average Bonchev–Trinajstić information content (AvgIpc) is 2.58. The van der Waals surface area contributed by atoms with Crippen LogP contribution in [-0.4, -0.2) is 46.4 Å². The summed E-state index contributed by atoms with van der Waals surface area (Å²) in [5.74, 6) is 0. The van der Waals surface area contributed by atoms with E-state index < -0.39 is 0 Å². The molecule has 7 heteroatoms. The topological polar surface area (TPSA) is 24.1 Å². The SMILES string of the molecule is Cc1cccc(CNC(=S)[S-])c1C.Cc1cccc(CNC(=S)[S-])c1C.[Ca+2]. The third-order valence-electron chi connectivity index (χ3n) is 4.28. The van der Waals surface area contributed by atoms with Gasteiger partial charge in [0, 0.05) is 13.1 Å². The Morgan fingerprint density at radius 3 is 1.37 bits per heavy atom. The minimum Gasteiger partial charge on any atom is -0.412 e. The Balaban J connectivity index is 0.000000483. The Morgan fingerprint density at radius 1 is 0.741 bits per heavy atom. The first-order chi connectivity index (χ1) is 12.2. The molecule has 0 fully saturated rings. The molecular weight excluding hydrogens is 437 g/mol. The fourth-order valence-corrected chi connectivity index (χ4v) is 2.63. The zero-order valence-corrected chi connectivity index (χ0v) is 21.7. The molecular formula is C20H24CaN2S4. The zero-order valence-electron chi connectivity index (χ0n) is 16.2. The van der Waals surface area contributed by atoms with Crippen molar-refractivity contribution in [1.29, 1.82) is 0 Å². The van der Waals surface area contributed by atoms with Crippen molar-refractivity contribution in [3.8, 4) is 0 Å². The van der Waals surface area contributed by atoms with Gasteiger partial charge < -0.3 is 60.3 Å². The molecule has 0 radical (unpaired) electrons. The average molecular weight is 461 g/mol. The number of nitrogens with one attached hydrogen (secondary N) is 2. The fourth-order valence-electron chi connectivity index (χ4n) is 2.34. The predicted octanol–water partition coefficient (Wildman–Crippen LogP) is 4.07. The summed E-state index contributed by atoms with van der Waals surface area (Å²) < 4.78 is 0.863. The molecule has 2 aromatic carbocycles. The number of benzene rings is 2. The number of rotatable bonds is 4. The molecule has 0 heterocycles. The van der Waals surface area contributed by atoms with E-state index in [9.17, 15) is 0 Å². The van der Waals surface area contributed by atoms with E-state index in [-0.39, 0.29) is 37.7 Å². The van der Waals surface area contributed by atoms with Gasteiger partial charge in [0.25, 0.3) is 0 Å². The monoisotopic (exact) mass is 460 g/mol. The first kappa shape index (κ1) is 26.9. The molecule has 0 aromatic heterocycles. The van der Waals surface area contributed by atoms with Gasteiger partial charge >= 0.3 is 37.7 Å². The second-order valence-electron chi connectivity index (χ2n) is 6.00. The van der Waals surface area contributed by atoms with Crippen molar-refractivity contribution in [1.82, 2.24) is 10.6 Å². The van der Waals surface area contributed by atoms with Gasteiger partial charge in [-0.05, 0) is 61.1 Å². The normalized spacial score (nSPS) is 9.33. The van der Waals surface area contributed by atoms with Crippen LogP contribution in [0.4, 0.5) is 0 Å². The van der Waals surface area contributed by atoms with Gasteiger partial charge in [-0.3, -0.25) is 0 Å². The Labute approximate surface area is 215 Å². The fraction of sp³-hybridized carbons (Fsp3) is 0.300. The van der Waals surface area contributed by atoms with Crippen LogP contribution in [-0.2, 0) is 38.3 Å². The largest absolute Gasteiger partial charge is 2.00 e. The number of hydrogen-bond acceptors (Lipinski definition) is 4. The van der Waals surface area contributed by atoms with E-state index in [0.717, 1.165) is 13.1 Å². The molecule has 0 unspecified atom stereocenters. The molecule has 27 heavy (non-hydrogen) atoms. The van der Waals surface area contributed by atoms with Gasteiger partial charge in [-0.2, -0.15) is 0 Å². The number of hydrogen-bond donors (Lipinski definition) is 2. The van der Waals surface area contributed by atoms with E-state index in [1.54, 1.807) is 0 Å². The van der Waals surface area contributed by atoms with E-state index in [1.807, 2.05) is 12.1 Å². The van der Waals surface area contributed by atoms with Gasteiger partial charge in [0.15, 0.2) is 0 Å². The minimum absolute atomic E-state index is 0. The van der Waals surface area contributed by atoms with E-state index >= 15 is 0 Å². The van der Waals surface area contributed by atoms with Crippen LogP contribution in [0.2, 0.25) is 0 Å². The van der Waals surface area contributed by atoms with Crippen molar-refractivity contribution >= 4 is 96.1 Å². The van der Waals surface area contributed by atoms with E-state index in [0.29, 0.717) is 8.64 Å². The first-order valence-corrected chi connectivity index (χ1v) is 9.85. The molecule has 0 bridgehead atoms. The van der Waals surface area contributed by atoms with Gasteiger partial charge in [-0.25, -0.2) is 0 Å². The maximum atomic E-state index is 4.77. The van der Waals surface area contributed by atoms with Crippen molar-refractivity contribution < 1.29 is 0 Å². The van der Waals surface area contributed by atoms with Crippen molar-refractivity contribution in [3.63, 3.8) is 0 Å². The molecule has 2 nitrogen and oxygen atoms in total. The summed E-state index contributed by atoms with van der Waals surface area (Å²) in [6.07, 6.45) is 0. The Morgan fingerprint density at radius 2 is 1.07 bits per heavy atom. The second-order valence-corrected chi connectivity index (χ2v) is 8.15. The third kappa shape index (κ3) is 10.3. The van der Waals surface area contributed by atoms with Crippen molar-refractivity contribution in [2.75, 3.05) is 0 Å². The van der Waals surface area contributed by atoms with Crippen molar-refractivity contribution in [2.24, 2.45) is 0 Å². The molecule has 140 valence electrons. The maximum absolute atomic E-state index is 4.77. The summed E-state index contributed by atoms with van der Waals surface area (Å²) >= 11 is 19.1. The molecule has 2 rings (SSSR count). The first-order valence-electron chi connectivity index (χ1n) is 8.22.